The van der Waals surface area contributed by atoms with Gasteiger partial charge in [-0.2, -0.15) is 0 Å². The number of ether oxygens (including phenoxy) is 1. The summed E-state index contributed by atoms with van der Waals surface area (Å²) >= 11 is 0. The van der Waals surface area contributed by atoms with E-state index < -0.39 is 0 Å². The summed E-state index contributed by atoms with van der Waals surface area (Å²) in [4.78, 5) is 7.17. The first-order valence-electron chi connectivity index (χ1n) is 11.4. The Hall–Kier alpha value is -2.69. The summed E-state index contributed by atoms with van der Waals surface area (Å²) in [6.45, 7) is 1.61. The van der Waals surface area contributed by atoms with Gasteiger partial charge in [0, 0.05) is 36.9 Å². The van der Waals surface area contributed by atoms with Crippen molar-refractivity contribution in [3.8, 4) is 17.0 Å². The number of aromatic nitrogens is 1. The first-order valence-corrected chi connectivity index (χ1v) is 11.4. The van der Waals surface area contributed by atoms with E-state index in [9.17, 15) is 0 Å². The van der Waals surface area contributed by atoms with Crippen molar-refractivity contribution in [1.29, 1.82) is 0 Å². The van der Waals surface area contributed by atoms with Gasteiger partial charge >= 0.3 is 0 Å². The number of rotatable bonds is 7. The number of piperidine rings is 1. The Balaban J connectivity index is 1.13. The van der Waals surface area contributed by atoms with Crippen LogP contribution in [0.1, 0.15) is 36.8 Å². The first kappa shape index (κ1) is 20.2. The molecule has 2 aromatic carbocycles. The third-order valence-corrected chi connectivity index (χ3v) is 6.81. The standard InChI is InChI=1S/C27H31N3O/c1-30-23-11-12-24(30)16-26(15-23)31-25-9-5-6-20(14-25)17-28-18-21-10-13-27(29-19-21)22-7-3-2-4-8-22/h2-10,13-14,19,23-24,26,28H,11-12,15-18H2,1H3/t23-,24+,26+. The van der Waals surface area contributed by atoms with E-state index in [1.54, 1.807) is 0 Å². The van der Waals surface area contributed by atoms with Gasteiger partial charge in [-0.1, -0.05) is 48.5 Å². The number of fused-ring (bicyclic) bond motifs is 2. The van der Waals surface area contributed by atoms with Crippen molar-refractivity contribution in [2.45, 2.75) is 57.0 Å². The Labute approximate surface area is 185 Å². The predicted octanol–water partition coefficient (Wildman–Crippen LogP) is 5.04. The Morgan fingerprint density at radius 1 is 0.903 bits per heavy atom. The molecule has 0 spiro atoms. The Bertz CT molecular complexity index is 975. The molecule has 0 radical (unpaired) electrons. The molecule has 5 rings (SSSR count). The topological polar surface area (TPSA) is 37.4 Å². The SMILES string of the molecule is CN1[C@@H]2CC[C@H]1C[C@@H](Oc1cccc(CNCc3ccc(-c4ccccc4)nc3)c1)C2. The summed E-state index contributed by atoms with van der Waals surface area (Å²) in [5.74, 6) is 1.00. The molecule has 3 heterocycles. The average Bonchev–Trinajstić information content (AvgIpc) is 3.01. The van der Waals surface area contributed by atoms with Crippen LogP contribution in [0.2, 0.25) is 0 Å². The molecule has 2 aliphatic rings. The molecular weight excluding hydrogens is 382 g/mol. The van der Waals surface area contributed by atoms with Crippen LogP contribution in [0.5, 0.6) is 5.75 Å². The molecule has 0 amide bonds. The molecule has 2 aliphatic heterocycles. The molecule has 2 fully saturated rings. The zero-order valence-electron chi connectivity index (χ0n) is 18.2. The summed E-state index contributed by atoms with van der Waals surface area (Å²) in [5, 5.41) is 3.54. The van der Waals surface area contributed by atoms with E-state index in [1.807, 2.05) is 24.4 Å². The maximum absolute atomic E-state index is 6.38. The average molecular weight is 414 g/mol. The third kappa shape index (κ3) is 4.81. The van der Waals surface area contributed by atoms with Crippen LogP contribution in [0.4, 0.5) is 0 Å². The van der Waals surface area contributed by atoms with Crippen LogP contribution in [0, 0.1) is 0 Å². The van der Waals surface area contributed by atoms with Crippen LogP contribution in [0.15, 0.2) is 72.9 Å². The Morgan fingerprint density at radius 3 is 2.42 bits per heavy atom. The van der Waals surface area contributed by atoms with Crippen molar-refractivity contribution in [2.24, 2.45) is 0 Å². The summed E-state index contributed by atoms with van der Waals surface area (Å²) in [6.07, 6.45) is 7.27. The molecule has 160 valence electrons. The fourth-order valence-electron chi connectivity index (χ4n) is 5.04. The third-order valence-electron chi connectivity index (χ3n) is 6.81. The quantitative estimate of drug-likeness (QED) is 0.589. The van der Waals surface area contributed by atoms with Crippen LogP contribution >= 0.6 is 0 Å². The van der Waals surface area contributed by atoms with Gasteiger partial charge in [-0.25, -0.2) is 0 Å². The molecule has 2 saturated heterocycles. The number of pyridine rings is 1. The molecular formula is C27H31N3O. The molecule has 3 aromatic rings. The summed E-state index contributed by atoms with van der Waals surface area (Å²) in [6, 6.07) is 24.5. The molecule has 1 N–H and O–H groups in total. The summed E-state index contributed by atoms with van der Waals surface area (Å²) in [5.41, 5.74) is 4.60. The second kappa shape index (κ2) is 9.21. The van der Waals surface area contributed by atoms with Crippen molar-refractivity contribution in [1.82, 2.24) is 15.2 Å². The molecule has 1 aromatic heterocycles. The minimum Gasteiger partial charge on any atom is -0.490 e. The second-order valence-electron chi connectivity index (χ2n) is 8.93. The smallest absolute Gasteiger partial charge is 0.120 e. The van der Waals surface area contributed by atoms with Crippen molar-refractivity contribution >= 4 is 0 Å². The van der Waals surface area contributed by atoms with Crippen molar-refractivity contribution < 1.29 is 4.74 Å². The van der Waals surface area contributed by atoms with E-state index in [4.69, 9.17) is 4.74 Å². The van der Waals surface area contributed by atoms with Crippen LogP contribution in [-0.4, -0.2) is 35.1 Å². The van der Waals surface area contributed by atoms with Gasteiger partial charge in [0.15, 0.2) is 0 Å². The zero-order chi connectivity index (χ0) is 21.0. The van der Waals surface area contributed by atoms with E-state index in [1.165, 1.54) is 24.0 Å². The number of benzene rings is 2. The number of nitrogens with zero attached hydrogens (tertiary/aromatic N) is 2. The lowest BCUT2D eigenvalue weighted by Gasteiger charge is -2.36. The lowest BCUT2D eigenvalue weighted by molar-refractivity contribution is 0.0661. The van der Waals surface area contributed by atoms with Gasteiger partial charge in [0.05, 0.1) is 5.69 Å². The number of hydrogen-bond donors (Lipinski definition) is 1. The highest BCUT2D eigenvalue weighted by molar-refractivity contribution is 5.58. The van der Waals surface area contributed by atoms with Crippen LogP contribution < -0.4 is 10.1 Å². The lowest BCUT2D eigenvalue weighted by Crippen LogP contribution is -2.43. The van der Waals surface area contributed by atoms with Gasteiger partial charge in [-0.15, -0.1) is 0 Å². The maximum Gasteiger partial charge on any atom is 0.120 e. The van der Waals surface area contributed by atoms with Crippen molar-refractivity contribution in [3.05, 3.63) is 84.1 Å². The van der Waals surface area contributed by atoms with E-state index in [2.05, 4.69) is 70.8 Å². The highest BCUT2D eigenvalue weighted by Gasteiger charge is 2.39. The Morgan fingerprint density at radius 2 is 1.68 bits per heavy atom. The number of nitrogens with one attached hydrogen (secondary N) is 1. The second-order valence-corrected chi connectivity index (χ2v) is 8.93. The summed E-state index contributed by atoms with van der Waals surface area (Å²) in [7, 11) is 2.27. The van der Waals surface area contributed by atoms with Gasteiger partial charge < -0.3 is 15.0 Å². The zero-order valence-corrected chi connectivity index (χ0v) is 18.2. The fourth-order valence-corrected chi connectivity index (χ4v) is 5.04. The fraction of sp³-hybridized carbons (Fsp3) is 0.370. The minimum atomic E-state index is 0.353. The van der Waals surface area contributed by atoms with E-state index in [0.717, 1.165) is 42.9 Å². The molecule has 4 nitrogen and oxygen atoms in total. The van der Waals surface area contributed by atoms with Crippen LogP contribution in [0.25, 0.3) is 11.3 Å². The monoisotopic (exact) mass is 413 g/mol. The molecule has 0 aliphatic carbocycles. The van der Waals surface area contributed by atoms with E-state index >= 15 is 0 Å². The molecule has 3 atom stereocenters. The Kier molecular flexibility index (Phi) is 6.01. The lowest BCUT2D eigenvalue weighted by atomic mass is 10.0. The first-order chi connectivity index (χ1) is 15.2. The predicted molar refractivity (Wildman–Crippen MR) is 125 cm³/mol. The van der Waals surface area contributed by atoms with Crippen molar-refractivity contribution in [2.75, 3.05) is 7.05 Å². The van der Waals surface area contributed by atoms with Crippen LogP contribution in [0.3, 0.4) is 0 Å². The highest BCUT2D eigenvalue weighted by Crippen LogP contribution is 2.36. The van der Waals surface area contributed by atoms with Crippen LogP contribution in [-0.2, 0) is 13.1 Å². The summed E-state index contributed by atoms with van der Waals surface area (Å²) < 4.78 is 6.38. The molecule has 0 saturated carbocycles. The van der Waals surface area contributed by atoms with Gasteiger partial charge in [-0.05, 0) is 62.1 Å². The molecule has 2 bridgehead atoms. The minimum absolute atomic E-state index is 0.353. The van der Waals surface area contributed by atoms with Crippen molar-refractivity contribution in [3.63, 3.8) is 0 Å². The van der Waals surface area contributed by atoms with Gasteiger partial charge in [-0.3, -0.25) is 4.98 Å². The normalized spacial score (nSPS) is 23.1. The highest BCUT2D eigenvalue weighted by atomic mass is 16.5. The van der Waals surface area contributed by atoms with E-state index in [0.29, 0.717) is 18.2 Å². The maximum atomic E-state index is 6.38. The molecule has 0 unspecified atom stereocenters. The van der Waals surface area contributed by atoms with Gasteiger partial charge in [0.2, 0.25) is 0 Å². The number of hydrogen-bond acceptors (Lipinski definition) is 4. The molecule has 31 heavy (non-hydrogen) atoms. The van der Waals surface area contributed by atoms with E-state index in [-0.39, 0.29) is 0 Å². The largest absolute Gasteiger partial charge is 0.490 e. The van der Waals surface area contributed by atoms with Gasteiger partial charge in [0.25, 0.3) is 0 Å². The molecule has 4 heteroatoms. The van der Waals surface area contributed by atoms with Gasteiger partial charge in [0.1, 0.15) is 11.9 Å².